The largest absolute Gasteiger partial charge is 0.339 e. The van der Waals surface area contributed by atoms with Crippen molar-refractivity contribution in [2.24, 2.45) is 5.92 Å². The average molecular weight is 283 g/mol. The number of hydrogen-bond acceptors (Lipinski definition) is 3. The fraction of sp³-hybridized carbons (Fsp3) is 0.462. The molecule has 1 aromatic carbocycles. The number of nitrogens with zero attached hydrogens (tertiary/aromatic N) is 2. The maximum atomic E-state index is 12.4. The Hall–Kier alpha value is -1.62. The number of carbonyl (C=O) groups is 1. The number of benzene rings is 1. The third-order valence-electron chi connectivity index (χ3n) is 3.62. The van der Waals surface area contributed by atoms with Gasteiger partial charge in [-0.05, 0) is 37.8 Å². The van der Waals surface area contributed by atoms with Crippen LogP contribution < -0.4 is 0 Å². The average Bonchev–Trinajstić information content (AvgIpc) is 3.19. The van der Waals surface area contributed by atoms with Gasteiger partial charge < -0.3 is 4.90 Å². The van der Waals surface area contributed by atoms with E-state index in [-0.39, 0.29) is 23.2 Å². The van der Waals surface area contributed by atoms with E-state index in [2.05, 4.69) is 0 Å². The number of amides is 1. The lowest BCUT2D eigenvalue weighted by atomic mass is 10.1. The molecule has 1 aliphatic carbocycles. The highest BCUT2D eigenvalue weighted by Gasteiger charge is 2.34. The summed E-state index contributed by atoms with van der Waals surface area (Å²) in [5.74, 6) is 0.154. The van der Waals surface area contributed by atoms with Gasteiger partial charge in [-0.15, -0.1) is 0 Å². The van der Waals surface area contributed by atoms with Gasteiger partial charge >= 0.3 is 0 Å². The van der Waals surface area contributed by atoms with Crippen LogP contribution in [0.15, 0.2) is 18.2 Å². The van der Waals surface area contributed by atoms with Crippen LogP contribution in [0.5, 0.6) is 0 Å². The van der Waals surface area contributed by atoms with Crippen molar-refractivity contribution in [3.8, 4) is 0 Å². The third kappa shape index (κ3) is 2.87. The molecule has 2 rings (SSSR count). The molecule has 6 heteroatoms. The molecule has 1 atom stereocenters. The Labute approximate surface area is 116 Å². The Bertz CT molecular complexity index is 529. The zero-order valence-electron chi connectivity index (χ0n) is 10.8. The third-order valence-corrected chi connectivity index (χ3v) is 3.86. The molecule has 0 N–H and O–H groups in total. The zero-order valence-corrected chi connectivity index (χ0v) is 11.6. The predicted octanol–water partition coefficient (Wildman–Crippen LogP) is 3.12. The SMILES string of the molecule is CC(C1CC1)N(C)C(=O)c1cc(Cl)ccc1[N+](=O)[O-]. The molecule has 1 aromatic rings. The molecule has 19 heavy (non-hydrogen) atoms. The van der Waals surface area contributed by atoms with Gasteiger partial charge in [-0.3, -0.25) is 14.9 Å². The molecule has 5 nitrogen and oxygen atoms in total. The van der Waals surface area contributed by atoms with Crippen LogP contribution in [-0.4, -0.2) is 28.8 Å². The van der Waals surface area contributed by atoms with Crippen molar-refractivity contribution in [1.82, 2.24) is 4.90 Å². The molecule has 0 heterocycles. The second-order valence-corrected chi connectivity index (χ2v) is 5.35. The summed E-state index contributed by atoms with van der Waals surface area (Å²) in [7, 11) is 1.68. The van der Waals surface area contributed by atoms with Crippen LogP contribution in [0.25, 0.3) is 0 Å². The summed E-state index contributed by atoms with van der Waals surface area (Å²) >= 11 is 5.83. The van der Waals surface area contributed by atoms with Crippen molar-refractivity contribution in [1.29, 1.82) is 0 Å². The van der Waals surface area contributed by atoms with Crippen LogP contribution in [0.4, 0.5) is 5.69 Å². The lowest BCUT2D eigenvalue weighted by Crippen LogP contribution is -2.36. The molecule has 1 aliphatic rings. The van der Waals surface area contributed by atoms with E-state index in [0.717, 1.165) is 12.8 Å². The molecular formula is C13H15ClN2O3. The second-order valence-electron chi connectivity index (χ2n) is 4.91. The Morgan fingerprint density at radius 2 is 2.16 bits per heavy atom. The number of hydrogen-bond donors (Lipinski definition) is 0. The predicted molar refractivity (Wildman–Crippen MR) is 72.4 cm³/mol. The normalized spacial score (nSPS) is 15.9. The smallest absolute Gasteiger partial charge is 0.282 e. The summed E-state index contributed by atoms with van der Waals surface area (Å²) in [6.07, 6.45) is 2.22. The van der Waals surface area contributed by atoms with E-state index in [0.29, 0.717) is 10.9 Å². The van der Waals surface area contributed by atoms with Crippen molar-refractivity contribution < 1.29 is 9.72 Å². The molecule has 0 aromatic heterocycles. The standard InChI is InChI=1S/C13H15ClN2O3/c1-8(9-3-4-9)15(2)13(17)11-7-10(14)5-6-12(11)16(18)19/h5-9H,3-4H2,1-2H3. The van der Waals surface area contributed by atoms with Gasteiger partial charge in [0, 0.05) is 24.2 Å². The van der Waals surface area contributed by atoms with Gasteiger partial charge in [-0.1, -0.05) is 11.6 Å². The quantitative estimate of drug-likeness (QED) is 0.629. The highest BCUT2D eigenvalue weighted by atomic mass is 35.5. The molecule has 1 unspecified atom stereocenters. The van der Waals surface area contributed by atoms with E-state index in [1.807, 2.05) is 6.92 Å². The van der Waals surface area contributed by atoms with E-state index in [9.17, 15) is 14.9 Å². The van der Waals surface area contributed by atoms with E-state index in [4.69, 9.17) is 11.6 Å². The summed E-state index contributed by atoms with van der Waals surface area (Å²) in [4.78, 5) is 24.3. The fourth-order valence-electron chi connectivity index (χ4n) is 2.11. The van der Waals surface area contributed by atoms with Crippen molar-refractivity contribution in [2.45, 2.75) is 25.8 Å². The van der Waals surface area contributed by atoms with Crippen molar-refractivity contribution in [2.75, 3.05) is 7.05 Å². The Morgan fingerprint density at radius 3 is 2.68 bits per heavy atom. The van der Waals surface area contributed by atoms with E-state index < -0.39 is 4.92 Å². The summed E-state index contributed by atoms with van der Waals surface area (Å²) in [6, 6.07) is 4.13. The molecule has 1 saturated carbocycles. The Balaban J connectivity index is 2.31. The van der Waals surface area contributed by atoms with Crippen LogP contribution in [0.3, 0.4) is 0 Å². The molecule has 0 saturated heterocycles. The highest BCUT2D eigenvalue weighted by molar-refractivity contribution is 6.31. The lowest BCUT2D eigenvalue weighted by Gasteiger charge is -2.24. The monoisotopic (exact) mass is 282 g/mol. The maximum absolute atomic E-state index is 12.4. The summed E-state index contributed by atoms with van der Waals surface area (Å²) < 4.78 is 0. The van der Waals surface area contributed by atoms with Crippen LogP contribution in [0, 0.1) is 16.0 Å². The molecule has 0 bridgehead atoms. The van der Waals surface area contributed by atoms with Crippen molar-refractivity contribution >= 4 is 23.2 Å². The molecule has 0 aliphatic heterocycles. The van der Waals surface area contributed by atoms with Gasteiger partial charge in [0.25, 0.3) is 11.6 Å². The number of nitro benzene ring substituents is 1. The first kappa shape index (κ1) is 13.8. The molecular weight excluding hydrogens is 268 g/mol. The Kier molecular flexibility index (Phi) is 3.75. The van der Waals surface area contributed by atoms with Gasteiger partial charge in [0.2, 0.25) is 0 Å². The molecule has 1 amide bonds. The lowest BCUT2D eigenvalue weighted by molar-refractivity contribution is -0.385. The van der Waals surface area contributed by atoms with E-state index in [1.165, 1.54) is 18.2 Å². The van der Waals surface area contributed by atoms with Gasteiger partial charge in [-0.2, -0.15) is 0 Å². The first-order chi connectivity index (χ1) is 8.91. The Morgan fingerprint density at radius 1 is 1.53 bits per heavy atom. The summed E-state index contributed by atoms with van der Waals surface area (Å²) in [5.41, 5.74) is -0.156. The molecule has 1 fully saturated rings. The fourth-order valence-corrected chi connectivity index (χ4v) is 2.28. The number of nitro groups is 1. The van der Waals surface area contributed by atoms with Crippen LogP contribution in [0.2, 0.25) is 5.02 Å². The van der Waals surface area contributed by atoms with Crippen molar-refractivity contribution in [3.63, 3.8) is 0 Å². The molecule has 0 spiro atoms. The van der Waals surface area contributed by atoms with Gasteiger partial charge in [0.05, 0.1) is 4.92 Å². The number of halogens is 1. The maximum Gasteiger partial charge on any atom is 0.282 e. The van der Waals surface area contributed by atoms with Gasteiger partial charge in [-0.25, -0.2) is 0 Å². The van der Waals surface area contributed by atoms with Crippen LogP contribution in [-0.2, 0) is 0 Å². The van der Waals surface area contributed by atoms with Crippen LogP contribution >= 0.6 is 11.6 Å². The minimum absolute atomic E-state index is 0.0486. The second kappa shape index (κ2) is 5.17. The minimum atomic E-state index is -0.556. The van der Waals surface area contributed by atoms with E-state index in [1.54, 1.807) is 11.9 Å². The highest BCUT2D eigenvalue weighted by Crippen LogP contribution is 2.35. The summed E-state index contributed by atoms with van der Waals surface area (Å²) in [5, 5.41) is 11.3. The van der Waals surface area contributed by atoms with Crippen LogP contribution in [0.1, 0.15) is 30.1 Å². The number of carbonyl (C=O) groups excluding carboxylic acids is 1. The topological polar surface area (TPSA) is 63.5 Å². The van der Waals surface area contributed by atoms with Gasteiger partial charge in [0.1, 0.15) is 5.56 Å². The minimum Gasteiger partial charge on any atom is -0.339 e. The first-order valence-corrected chi connectivity index (χ1v) is 6.50. The van der Waals surface area contributed by atoms with E-state index >= 15 is 0 Å². The molecule has 102 valence electrons. The zero-order chi connectivity index (χ0) is 14.2. The number of rotatable bonds is 4. The first-order valence-electron chi connectivity index (χ1n) is 6.13. The molecule has 0 radical (unpaired) electrons. The summed E-state index contributed by atoms with van der Waals surface area (Å²) in [6.45, 7) is 1.96. The van der Waals surface area contributed by atoms with Crippen molar-refractivity contribution in [3.05, 3.63) is 38.9 Å². The van der Waals surface area contributed by atoms with Gasteiger partial charge in [0.15, 0.2) is 0 Å².